The number of aliphatic hydroxyl groups is 1. The smallest absolute Gasteiger partial charge is 0.122 e. The van der Waals surface area contributed by atoms with Crippen molar-refractivity contribution in [2.75, 3.05) is 13.2 Å². The minimum absolute atomic E-state index is 0.114. The molecule has 21 heavy (non-hydrogen) atoms. The topological polar surface area (TPSA) is 65.4 Å². The first-order valence-electron chi connectivity index (χ1n) is 7.19. The first-order valence-corrected chi connectivity index (χ1v) is 7.19. The number of para-hydroxylation sites is 1. The van der Waals surface area contributed by atoms with Crippen LogP contribution in [0.3, 0.4) is 0 Å². The number of aromatic nitrogens is 1. The molecule has 1 atom stereocenters. The highest BCUT2D eigenvalue weighted by atomic mass is 16.3. The fourth-order valence-electron chi connectivity index (χ4n) is 2.29. The van der Waals surface area contributed by atoms with Gasteiger partial charge in [0.2, 0.25) is 0 Å². The summed E-state index contributed by atoms with van der Waals surface area (Å²) in [5.41, 5.74) is 2.74. The van der Waals surface area contributed by atoms with Gasteiger partial charge in [-0.15, -0.1) is 0 Å². The molecule has 1 aromatic heterocycles. The molecule has 0 radical (unpaired) electrons. The Hall–Kier alpha value is -1.91. The van der Waals surface area contributed by atoms with Gasteiger partial charge in [0.05, 0.1) is 0 Å². The molecular formula is C17H22N2O2. The quantitative estimate of drug-likeness (QED) is 0.729. The highest BCUT2D eigenvalue weighted by Gasteiger charge is 2.10. The maximum Gasteiger partial charge on any atom is 0.122 e. The van der Waals surface area contributed by atoms with Crippen LogP contribution >= 0.6 is 0 Å². The zero-order valence-corrected chi connectivity index (χ0v) is 12.3. The molecule has 3 N–H and O–H groups in total. The van der Waals surface area contributed by atoms with Gasteiger partial charge in [0.25, 0.3) is 0 Å². The van der Waals surface area contributed by atoms with Gasteiger partial charge in [0.1, 0.15) is 5.75 Å². The molecule has 4 nitrogen and oxygen atoms in total. The van der Waals surface area contributed by atoms with Gasteiger partial charge < -0.3 is 15.5 Å². The average Bonchev–Trinajstić information content (AvgIpc) is 2.51. The maximum absolute atomic E-state index is 9.96. The Balaban J connectivity index is 1.85. The average molecular weight is 286 g/mol. The van der Waals surface area contributed by atoms with Crippen molar-refractivity contribution in [1.29, 1.82) is 0 Å². The van der Waals surface area contributed by atoms with Gasteiger partial charge in [0.15, 0.2) is 0 Å². The Labute approximate surface area is 125 Å². The standard InChI is InChI=1S/C17H22N2O2/c1-13-5-4-6-15(17(13)21)11-18-10-14(12-20)9-16-7-2-3-8-19-16/h2-8,14,18,20-21H,9-12H2,1H3. The molecule has 1 unspecified atom stereocenters. The number of nitrogens with one attached hydrogen (secondary N) is 1. The number of benzene rings is 1. The highest BCUT2D eigenvalue weighted by Crippen LogP contribution is 2.21. The van der Waals surface area contributed by atoms with E-state index in [9.17, 15) is 10.2 Å². The Morgan fingerprint density at radius 1 is 1.19 bits per heavy atom. The summed E-state index contributed by atoms with van der Waals surface area (Å²) in [6.45, 7) is 3.27. The van der Waals surface area contributed by atoms with Crippen molar-refractivity contribution >= 4 is 0 Å². The van der Waals surface area contributed by atoms with E-state index in [4.69, 9.17) is 0 Å². The first kappa shape index (κ1) is 15.5. The number of pyridine rings is 1. The number of phenolic OH excluding ortho intramolecular Hbond substituents is 1. The van der Waals surface area contributed by atoms with E-state index >= 15 is 0 Å². The number of phenols is 1. The lowest BCUT2D eigenvalue weighted by Crippen LogP contribution is -2.26. The van der Waals surface area contributed by atoms with E-state index in [-0.39, 0.29) is 12.5 Å². The van der Waals surface area contributed by atoms with Crippen molar-refractivity contribution < 1.29 is 10.2 Å². The summed E-state index contributed by atoms with van der Waals surface area (Å²) in [6.07, 6.45) is 2.51. The maximum atomic E-state index is 9.96. The van der Waals surface area contributed by atoms with Crippen molar-refractivity contribution in [2.45, 2.75) is 19.9 Å². The minimum atomic E-state index is 0.114. The summed E-state index contributed by atoms with van der Waals surface area (Å²) < 4.78 is 0. The van der Waals surface area contributed by atoms with Crippen LogP contribution in [0, 0.1) is 12.8 Å². The number of rotatable bonds is 7. The molecule has 0 aliphatic carbocycles. The van der Waals surface area contributed by atoms with E-state index < -0.39 is 0 Å². The van der Waals surface area contributed by atoms with Crippen molar-refractivity contribution in [3.05, 3.63) is 59.4 Å². The van der Waals surface area contributed by atoms with Crippen LogP contribution in [0.1, 0.15) is 16.8 Å². The van der Waals surface area contributed by atoms with E-state index in [1.165, 1.54) is 0 Å². The fraction of sp³-hybridized carbons (Fsp3) is 0.353. The molecule has 0 aliphatic rings. The molecule has 2 aromatic rings. The molecule has 0 amide bonds. The number of aromatic hydroxyl groups is 1. The van der Waals surface area contributed by atoms with E-state index in [2.05, 4.69) is 10.3 Å². The van der Waals surface area contributed by atoms with Crippen molar-refractivity contribution in [1.82, 2.24) is 10.3 Å². The number of aliphatic hydroxyl groups excluding tert-OH is 1. The normalized spacial score (nSPS) is 12.3. The minimum Gasteiger partial charge on any atom is -0.507 e. The van der Waals surface area contributed by atoms with Crippen LogP contribution in [0.25, 0.3) is 0 Å². The number of hydrogen-bond acceptors (Lipinski definition) is 4. The van der Waals surface area contributed by atoms with E-state index in [1.54, 1.807) is 6.20 Å². The number of nitrogens with zero attached hydrogens (tertiary/aromatic N) is 1. The summed E-state index contributed by atoms with van der Waals surface area (Å²) >= 11 is 0. The van der Waals surface area contributed by atoms with Gasteiger partial charge in [-0.25, -0.2) is 0 Å². The zero-order valence-electron chi connectivity index (χ0n) is 12.3. The molecule has 0 bridgehead atoms. The molecule has 0 saturated heterocycles. The van der Waals surface area contributed by atoms with E-state index in [1.807, 2.05) is 43.3 Å². The molecule has 1 aromatic carbocycles. The second-order valence-corrected chi connectivity index (χ2v) is 5.29. The fourth-order valence-corrected chi connectivity index (χ4v) is 2.29. The number of aryl methyl sites for hydroxylation is 1. The van der Waals surface area contributed by atoms with Crippen molar-refractivity contribution in [3.8, 4) is 5.75 Å². The predicted molar refractivity (Wildman–Crippen MR) is 83.1 cm³/mol. The second kappa shape index (κ2) is 7.76. The zero-order chi connectivity index (χ0) is 15.1. The van der Waals surface area contributed by atoms with Gasteiger partial charge in [-0.3, -0.25) is 4.98 Å². The Bertz CT molecular complexity index is 558. The Morgan fingerprint density at radius 2 is 2.05 bits per heavy atom. The van der Waals surface area contributed by atoms with Crippen LogP contribution in [-0.2, 0) is 13.0 Å². The van der Waals surface area contributed by atoms with Gasteiger partial charge in [-0.05, 0) is 37.0 Å². The van der Waals surface area contributed by atoms with E-state index in [0.717, 1.165) is 23.2 Å². The monoisotopic (exact) mass is 286 g/mol. The molecule has 2 rings (SSSR count). The summed E-state index contributed by atoms with van der Waals surface area (Å²) in [5, 5.41) is 22.7. The lowest BCUT2D eigenvalue weighted by Gasteiger charge is -2.15. The second-order valence-electron chi connectivity index (χ2n) is 5.29. The molecule has 0 aliphatic heterocycles. The largest absolute Gasteiger partial charge is 0.507 e. The molecule has 0 saturated carbocycles. The van der Waals surface area contributed by atoms with Crippen LogP contribution in [0.5, 0.6) is 5.75 Å². The van der Waals surface area contributed by atoms with Gasteiger partial charge >= 0.3 is 0 Å². The molecule has 4 heteroatoms. The summed E-state index contributed by atoms with van der Waals surface area (Å²) in [7, 11) is 0. The molecular weight excluding hydrogens is 264 g/mol. The summed E-state index contributed by atoms with van der Waals surface area (Å²) in [5.74, 6) is 0.460. The molecule has 0 spiro atoms. The van der Waals surface area contributed by atoms with Crippen LogP contribution in [0.2, 0.25) is 0 Å². The Kier molecular flexibility index (Phi) is 5.72. The van der Waals surface area contributed by atoms with Crippen LogP contribution in [0.15, 0.2) is 42.6 Å². The van der Waals surface area contributed by atoms with Crippen LogP contribution in [-0.4, -0.2) is 28.3 Å². The predicted octanol–water partition coefficient (Wildman–Crippen LogP) is 2.04. The molecule has 112 valence electrons. The summed E-state index contributed by atoms with van der Waals surface area (Å²) in [4.78, 5) is 4.28. The third-order valence-electron chi connectivity index (χ3n) is 3.55. The third kappa shape index (κ3) is 4.55. The first-order chi connectivity index (χ1) is 10.2. The SMILES string of the molecule is Cc1cccc(CNCC(CO)Cc2ccccn2)c1O. The highest BCUT2D eigenvalue weighted by molar-refractivity contribution is 5.39. The van der Waals surface area contributed by atoms with Crippen LogP contribution < -0.4 is 5.32 Å². The van der Waals surface area contributed by atoms with Crippen molar-refractivity contribution in [3.63, 3.8) is 0 Å². The molecule has 1 heterocycles. The number of hydrogen-bond donors (Lipinski definition) is 3. The van der Waals surface area contributed by atoms with Gasteiger partial charge in [-0.1, -0.05) is 24.3 Å². The van der Waals surface area contributed by atoms with E-state index in [0.29, 0.717) is 18.8 Å². The Morgan fingerprint density at radius 3 is 2.76 bits per heavy atom. The lowest BCUT2D eigenvalue weighted by molar-refractivity contribution is 0.220. The van der Waals surface area contributed by atoms with Crippen molar-refractivity contribution in [2.24, 2.45) is 5.92 Å². The van der Waals surface area contributed by atoms with Gasteiger partial charge in [0, 0.05) is 37.2 Å². The molecule has 0 fully saturated rings. The summed E-state index contributed by atoms with van der Waals surface area (Å²) in [6, 6.07) is 11.5. The third-order valence-corrected chi connectivity index (χ3v) is 3.55. The van der Waals surface area contributed by atoms with Crippen LogP contribution in [0.4, 0.5) is 0 Å². The van der Waals surface area contributed by atoms with Gasteiger partial charge in [-0.2, -0.15) is 0 Å². The lowest BCUT2D eigenvalue weighted by atomic mass is 10.0.